The number of aryl methyl sites for hydroxylation is 2. The number of nitrogens with zero attached hydrogens (tertiary/aromatic N) is 2. The van der Waals surface area contributed by atoms with E-state index in [9.17, 15) is 0 Å². The van der Waals surface area contributed by atoms with Gasteiger partial charge in [-0.2, -0.15) is 0 Å². The van der Waals surface area contributed by atoms with Gasteiger partial charge in [-0.25, -0.2) is 4.98 Å². The Labute approximate surface area is 118 Å². The first-order valence-electron chi connectivity index (χ1n) is 6.63. The van der Waals surface area contributed by atoms with Crippen molar-refractivity contribution in [3.05, 3.63) is 53.9 Å². The molecule has 0 amide bonds. The number of hydrogen-bond acceptors (Lipinski definition) is 3. The maximum Gasteiger partial charge on any atom is 0.0955 e. The van der Waals surface area contributed by atoms with Gasteiger partial charge in [0.15, 0.2) is 0 Å². The zero-order valence-corrected chi connectivity index (χ0v) is 11.7. The predicted octanol–water partition coefficient (Wildman–Crippen LogP) is 3.08. The number of aromatic nitrogens is 2. The van der Waals surface area contributed by atoms with Crippen molar-refractivity contribution < 1.29 is 0 Å². The van der Waals surface area contributed by atoms with Crippen molar-refractivity contribution in [2.45, 2.75) is 13.5 Å². The lowest BCUT2D eigenvalue weighted by Crippen LogP contribution is -2.02. The molecular weight excluding hydrogens is 248 g/mol. The number of anilines is 2. The Balaban J connectivity index is 1.79. The van der Waals surface area contributed by atoms with E-state index in [0.29, 0.717) is 0 Å². The van der Waals surface area contributed by atoms with Crippen LogP contribution in [-0.2, 0) is 13.6 Å². The van der Waals surface area contributed by atoms with Crippen molar-refractivity contribution in [2.75, 3.05) is 11.1 Å². The molecule has 0 spiro atoms. The summed E-state index contributed by atoms with van der Waals surface area (Å²) < 4.78 is 2.02. The number of imidazole rings is 1. The molecule has 4 nitrogen and oxygen atoms in total. The number of nitrogen functional groups attached to an aromatic ring is 1. The molecule has 0 radical (unpaired) electrons. The predicted molar refractivity (Wildman–Crippen MR) is 83.6 cm³/mol. The minimum Gasteiger partial charge on any atom is -0.397 e. The van der Waals surface area contributed by atoms with Crippen molar-refractivity contribution in [1.82, 2.24) is 9.55 Å². The van der Waals surface area contributed by atoms with E-state index < -0.39 is 0 Å². The van der Waals surface area contributed by atoms with E-state index in [1.165, 1.54) is 11.1 Å². The van der Waals surface area contributed by atoms with Crippen LogP contribution in [-0.4, -0.2) is 9.55 Å². The van der Waals surface area contributed by atoms with Crippen LogP contribution in [0.15, 0.2) is 42.7 Å². The van der Waals surface area contributed by atoms with E-state index in [-0.39, 0.29) is 0 Å². The van der Waals surface area contributed by atoms with Crippen LogP contribution < -0.4 is 11.1 Å². The Morgan fingerprint density at radius 1 is 1.20 bits per heavy atom. The zero-order valence-electron chi connectivity index (χ0n) is 11.7. The molecule has 1 heterocycles. The van der Waals surface area contributed by atoms with E-state index in [4.69, 9.17) is 5.73 Å². The number of nitrogens with two attached hydrogens (primary N) is 1. The molecule has 0 bridgehead atoms. The zero-order chi connectivity index (χ0) is 14.1. The van der Waals surface area contributed by atoms with Gasteiger partial charge >= 0.3 is 0 Å². The van der Waals surface area contributed by atoms with Gasteiger partial charge in [0.2, 0.25) is 0 Å². The quantitative estimate of drug-likeness (QED) is 0.716. The Hall–Kier alpha value is -2.49. The Morgan fingerprint density at radius 2 is 2.05 bits per heavy atom. The number of fused-ring (bicyclic) bond motifs is 1. The highest BCUT2D eigenvalue weighted by Gasteiger charge is 2.02. The molecule has 0 unspecified atom stereocenters. The van der Waals surface area contributed by atoms with Crippen molar-refractivity contribution in [1.29, 1.82) is 0 Å². The summed E-state index contributed by atoms with van der Waals surface area (Å²) in [6.07, 6.45) is 1.83. The summed E-state index contributed by atoms with van der Waals surface area (Å²) >= 11 is 0. The first-order chi connectivity index (χ1) is 9.63. The molecule has 0 aliphatic rings. The highest BCUT2D eigenvalue weighted by molar-refractivity contribution is 5.76. The lowest BCUT2D eigenvalue weighted by Gasteiger charge is -2.10. The number of nitrogens with one attached hydrogen (secondary N) is 1. The monoisotopic (exact) mass is 266 g/mol. The summed E-state index contributed by atoms with van der Waals surface area (Å²) in [6, 6.07) is 12.4. The van der Waals surface area contributed by atoms with Crippen LogP contribution in [0.3, 0.4) is 0 Å². The molecule has 0 fully saturated rings. The maximum absolute atomic E-state index is 6.00. The third-order valence-corrected chi connectivity index (χ3v) is 3.48. The first kappa shape index (κ1) is 12.5. The topological polar surface area (TPSA) is 55.9 Å². The highest BCUT2D eigenvalue weighted by atomic mass is 15.0. The van der Waals surface area contributed by atoms with Gasteiger partial charge in [-0.1, -0.05) is 12.1 Å². The second-order valence-corrected chi connectivity index (χ2v) is 5.12. The van der Waals surface area contributed by atoms with Crippen LogP contribution in [0.1, 0.15) is 11.1 Å². The molecule has 0 aliphatic carbocycles. The standard InChI is InChI=1S/C16H18N4/c1-11-3-5-14(13(17)7-11)18-9-12-4-6-16-15(8-12)19-10-20(16)2/h3-8,10,18H,9,17H2,1-2H3. The summed E-state index contributed by atoms with van der Waals surface area (Å²) in [6.45, 7) is 2.77. The summed E-state index contributed by atoms with van der Waals surface area (Å²) in [5.41, 5.74) is 12.3. The van der Waals surface area contributed by atoms with E-state index in [1.807, 2.05) is 37.0 Å². The molecule has 3 aromatic rings. The van der Waals surface area contributed by atoms with Gasteiger partial charge in [0.05, 0.1) is 28.7 Å². The van der Waals surface area contributed by atoms with E-state index in [1.54, 1.807) is 0 Å². The molecule has 3 N–H and O–H groups in total. The van der Waals surface area contributed by atoms with Crippen LogP contribution >= 0.6 is 0 Å². The summed E-state index contributed by atoms with van der Waals surface area (Å²) in [4.78, 5) is 4.37. The van der Waals surface area contributed by atoms with Crippen LogP contribution in [0.2, 0.25) is 0 Å². The lowest BCUT2D eigenvalue weighted by atomic mass is 10.1. The molecule has 0 atom stereocenters. The van der Waals surface area contributed by atoms with Gasteiger partial charge in [-0.15, -0.1) is 0 Å². The van der Waals surface area contributed by atoms with Gasteiger partial charge in [0, 0.05) is 13.6 Å². The second-order valence-electron chi connectivity index (χ2n) is 5.12. The molecule has 4 heteroatoms. The van der Waals surface area contributed by atoms with Gasteiger partial charge in [-0.05, 0) is 42.3 Å². The van der Waals surface area contributed by atoms with Crippen molar-refractivity contribution in [3.8, 4) is 0 Å². The summed E-state index contributed by atoms with van der Waals surface area (Å²) in [5, 5.41) is 3.37. The fourth-order valence-corrected chi connectivity index (χ4v) is 2.33. The van der Waals surface area contributed by atoms with Gasteiger partial charge in [-0.3, -0.25) is 0 Å². The number of rotatable bonds is 3. The molecule has 20 heavy (non-hydrogen) atoms. The summed E-state index contributed by atoms with van der Waals surface area (Å²) in [7, 11) is 2.00. The molecule has 3 rings (SSSR count). The second kappa shape index (κ2) is 4.89. The lowest BCUT2D eigenvalue weighted by molar-refractivity contribution is 0.947. The number of hydrogen-bond donors (Lipinski definition) is 2. The fourth-order valence-electron chi connectivity index (χ4n) is 2.33. The molecule has 102 valence electrons. The van der Waals surface area contributed by atoms with Gasteiger partial charge in [0.1, 0.15) is 0 Å². The highest BCUT2D eigenvalue weighted by Crippen LogP contribution is 2.21. The fraction of sp³-hybridized carbons (Fsp3) is 0.188. The average Bonchev–Trinajstić information content (AvgIpc) is 2.79. The summed E-state index contributed by atoms with van der Waals surface area (Å²) in [5.74, 6) is 0. The Kier molecular flexibility index (Phi) is 3.06. The molecule has 0 aliphatic heterocycles. The largest absolute Gasteiger partial charge is 0.397 e. The number of benzene rings is 2. The van der Waals surface area contributed by atoms with Gasteiger partial charge in [0.25, 0.3) is 0 Å². The van der Waals surface area contributed by atoms with Crippen molar-refractivity contribution in [3.63, 3.8) is 0 Å². The van der Waals surface area contributed by atoms with E-state index in [0.717, 1.165) is 29.0 Å². The van der Waals surface area contributed by atoms with Gasteiger partial charge < -0.3 is 15.6 Å². The minimum absolute atomic E-state index is 0.736. The van der Waals surface area contributed by atoms with Crippen molar-refractivity contribution >= 4 is 22.4 Å². The average molecular weight is 266 g/mol. The molecule has 1 aromatic heterocycles. The third-order valence-electron chi connectivity index (χ3n) is 3.48. The van der Waals surface area contributed by atoms with Crippen LogP contribution in [0.5, 0.6) is 0 Å². The maximum atomic E-state index is 6.00. The third kappa shape index (κ3) is 2.32. The van der Waals surface area contributed by atoms with Crippen molar-refractivity contribution in [2.24, 2.45) is 7.05 Å². The van der Waals surface area contributed by atoms with Crippen LogP contribution in [0.4, 0.5) is 11.4 Å². The molecule has 0 saturated carbocycles. The smallest absolute Gasteiger partial charge is 0.0955 e. The minimum atomic E-state index is 0.736. The molecule has 2 aromatic carbocycles. The van der Waals surface area contributed by atoms with Crippen LogP contribution in [0.25, 0.3) is 11.0 Å². The molecule has 0 saturated heterocycles. The van der Waals surface area contributed by atoms with E-state index >= 15 is 0 Å². The van der Waals surface area contributed by atoms with Crippen LogP contribution in [0, 0.1) is 6.92 Å². The SMILES string of the molecule is Cc1ccc(NCc2ccc3c(c2)ncn3C)c(N)c1. The van der Waals surface area contributed by atoms with E-state index in [2.05, 4.69) is 34.6 Å². The molecular formula is C16H18N4. The Bertz CT molecular complexity index is 758. The first-order valence-corrected chi connectivity index (χ1v) is 6.63. The Morgan fingerprint density at radius 3 is 2.85 bits per heavy atom. The normalized spacial score (nSPS) is 10.9.